The zero-order valence-corrected chi connectivity index (χ0v) is 17.3. The second-order valence-electron chi connectivity index (χ2n) is 9.41. The van der Waals surface area contributed by atoms with E-state index in [2.05, 4.69) is 33.2 Å². The highest BCUT2D eigenvalue weighted by atomic mass is 16.5. The monoisotopic (exact) mass is 408 g/mol. The van der Waals surface area contributed by atoms with E-state index in [1.54, 1.807) is 10.9 Å². The number of pyridine rings is 1. The Morgan fingerprint density at radius 3 is 2.70 bits per heavy atom. The molecule has 3 aromatic heterocycles. The van der Waals surface area contributed by atoms with Crippen LogP contribution in [0, 0.1) is 5.41 Å². The molecule has 2 aliphatic carbocycles. The van der Waals surface area contributed by atoms with Gasteiger partial charge in [0.05, 0.1) is 37.3 Å². The number of rotatable bonds is 3. The Morgan fingerprint density at radius 2 is 2.00 bits per heavy atom. The summed E-state index contributed by atoms with van der Waals surface area (Å²) in [6.45, 7) is 4.32. The number of aliphatic hydroxyl groups is 1. The van der Waals surface area contributed by atoms with Crippen LogP contribution in [0.2, 0.25) is 0 Å². The molecule has 0 unspecified atom stereocenters. The van der Waals surface area contributed by atoms with Crippen LogP contribution in [0.15, 0.2) is 24.5 Å². The summed E-state index contributed by atoms with van der Waals surface area (Å²) in [5.41, 5.74) is 1.40. The first-order chi connectivity index (χ1) is 14.6. The molecule has 1 saturated heterocycles. The number of hydrogen-bond donors (Lipinski definition) is 2. The normalized spacial score (nSPS) is 25.1. The number of fused-ring (bicyclic) bond motifs is 1. The van der Waals surface area contributed by atoms with E-state index < -0.39 is 5.60 Å². The van der Waals surface area contributed by atoms with E-state index in [0.29, 0.717) is 18.6 Å². The van der Waals surface area contributed by atoms with Crippen molar-refractivity contribution >= 4 is 16.9 Å². The van der Waals surface area contributed by atoms with Crippen molar-refractivity contribution in [2.75, 3.05) is 24.7 Å². The second kappa shape index (κ2) is 6.52. The Balaban J connectivity index is 1.50. The molecule has 30 heavy (non-hydrogen) atoms. The number of ether oxygens (including phenoxy) is 1. The number of anilines is 1. The predicted molar refractivity (Wildman–Crippen MR) is 113 cm³/mol. The van der Waals surface area contributed by atoms with Crippen LogP contribution in [0.3, 0.4) is 0 Å². The summed E-state index contributed by atoms with van der Waals surface area (Å²) in [6, 6.07) is 4.22. The van der Waals surface area contributed by atoms with Gasteiger partial charge in [-0.2, -0.15) is 14.9 Å². The second-order valence-corrected chi connectivity index (χ2v) is 9.41. The number of nitrogens with zero attached hydrogens (tertiary/aromatic N) is 5. The van der Waals surface area contributed by atoms with Crippen molar-refractivity contribution < 1.29 is 9.84 Å². The quantitative estimate of drug-likeness (QED) is 0.692. The molecule has 1 spiro atoms. The third kappa shape index (κ3) is 2.85. The van der Waals surface area contributed by atoms with Crippen molar-refractivity contribution in [1.82, 2.24) is 25.0 Å². The number of hydrogen-bond acceptors (Lipinski definition) is 6. The summed E-state index contributed by atoms with van der Waals surface area (Å²) in [4.78, 5) is 7.29. The van der Waals surface area contributed by atoms with E-state index in [1.807, 2.05) is 12.3 Å². The third-order valence-electron chi connectivity index (χ3n) is 7.50. The van der Waals surface area contributed by atoms with Crippen LogP contribution >= 0.6 is 0 Å². The van der Waals surface area contributed by atoms with E-state index in [0.717, 1.165) is 60.5 Å². The number of morpholine rings is 1. The van der Waals surface area contributed by atoms with Gasteiger partial charge in [-0.25, -0.2) is 4.98 Å². The molecule has 158 valence electrons. The lowest BCUT2D eigenvalue weighted by Crippen LogP contribution is -2.44. The molecule has 6 rings (SSSR count). The van der Waals surface area contributed by atoms with Crippen LogP contribution < -0.4 is 4.90 Å². The molecule has 2 N–H and O–H groups in total. The molecular weight excluding hydrogens is 380 g/mol. The standard InChI is InChI=1S/C22H28N6O2/c1-15-14-30-11-10-27(15)19-12-17(22(29)7-5-21(3-4-21)6-8-22)16-13-24-28(20(16)25-19)18-2-9-23-26-18/h2,9,12-13,15,29H,3-8,10-11,14H2,1H3,(H,23,26)/t15-/m1/s1. The van der Waals surface area contributed by atoms with Gasteiger partial charge in [0.25, 0.3) is 0 Å². The van der Waals surface area contributed by atoms with Crippen LogP contribution in [0.4, 0.5) is 5.82 Å². The number of nitrogens with one attached hydrogen (secondary N) is 1. The highest BCUT2D eigenvalue weighted by Gasteiger charge is 2.49. The van der Waals surface area contributed by atoms with Crippen molar-refractivity contribution in [3.8, 4) is 5.82 Å². The van der Waals surface area contributed by atoms with Gasteiger partial charge in [-0.1, -0.05) is 0 Å². The Kier molecular flexibility index (Phi) is 3.98. The minimum Gasteiger partial charge on any atom is -0.385 e. The maximum Gasteiger partial charge on any atom is 0.167 e. The van der Waals surface area contributed by atoms with Gasteiger partial charge < -0.3 is 14.7 Å². The fraction of sp³-hybridized carbons (Fsp3) is 0.591. The zero-order chi connectivity index (χ0) is 20.3. The Bertz CT molecular complexity index is 1060. The first kappa shape index (κ1) is 18.3. The smallest absolute Gasteiger partial charge is 0.167 e. The highest BCUT2D eigenvalue weighted by molar-refractivity contribution is 5.83. The van der Waals surface area contributed by atoms with Crippen molar-refractivity contribution in [2.24, 2.45) is 5.41 Å². The molecule has 3 fully saturated rings. The summed E-state index contributed by atoms with van der Waals surface area (Å²) >= 11 is 0. The van der Waals surface area contributed by atoms with Crippen LogP contribution in [-0.4, -0.2) is 55.9 Å². The predicted octanol–water partition coefficient (Wildman–Crippen LogP) is 2.91. The Hall–Kier alpha value is -2.45. The summed E-state index contributed by atoms with van der Waals surface area (Å²) < 4.78 is 7.42. The van der Waals surface area contributed by atoms with Gasteiger partial charge in [-0.05, 0) is 62.5 Å². The zero-order valence-electron chi connectivity index (χ0n) is 17.3. The SMILES string of the molecule is C[C@@H]1COCCN1c1cc(C2(O)CCC3(CC3)CC2)c2cnn(-c3ccn[nH]3)c2n1. The molecule has 3 aromatic rings. The molecule has 8 nitrogen and oxygen atoms in total. The van der Waals surface area contributed by atoms with Crippen LogP contribution in [0.5, 0.6) is 0 Å². The molecule has 2 saturated carbocycles. The number of aromatic nitrogens is 5. The van der Waals surface area contributed by atoms with Crippen LogP contribution in [-0.2, 0) is 10.3 Å². The summed E-state index contributed by atoms with van der Waals surface area (Å²) in [7, 11) is 0. The lowest BCUT2D eigenvalue weighted by Gasteiger charge is -2.38. The summed E-state index contributed by atoms with van der Waals surface area (Å²) in [6.07, 6.45) is 10.0. The maximum atomic E-state index is 11.8. The lowest BCUT2D eigenvalue weighted by atomic mass is 9.73. The summed E-state index contributed by atoms with van der Waals surface area (Å²) in [5.74, 6) is 1.65. The first-order valence-electron chi connectivity index (χ1n) is 11.0. The van der Waals surface area contributed by atoms with Crippen LogP contribution in [0.25, 0.3) is 16.9 Å². The molecule has 1 atom stereocenters. The maximum absolute atomic E-state index is 11.8. The van der Waals surface area contributed by atoms with Crippen molar-refractivity contribution in [1.29, 1.82) is 0 Å². The number of aromatic amines is 1. The minimum absolute atomic E-state index is 0.232. The van der Waals surface area contributed by atoms with Gasteiger partial charge in [0.2, 0.25) is 0 Å². The van der Waals surface area contributed by atoms with E-state index in [1.165, 1.54) is 12.8 Å². The highest BCUT2D eigenvalue weighted by Crippen LogP contribution is 2.60. The molecular formula is C22H28N6O2. The minimum atomic E-state index is -0.832. The van der Waals surface area contributed by atoms with Gasteiger partial charge >= 0.3 is 0 Å². The molecule has 0 aromatic carbocycles. The van der Waals surface area contributed by atoms with E-state index in [-0.39, 0.29) is 6.04 Å². The fourth-order valence-electron chi connectivity index (χ4n) is 5.27. The molecule has 4 heterocycles. The van der Waals surface area contributed by atoms with Crippen molar-refractivity contribution in [3.63, 3.8) is 0 Å². The van der Waals surface area contributed by atoms with E-state index in [9.17, 15) is 5.11 Å². The topological polar surface area (TPSA) is 92.1 Å². The molecule has 8 heteroatoms. The van der Waals surface area contributed by atoms with E-state index in [4.69, 9.17) is 9.72 Å². The van der Waals surface area contributed by atoms with Gasteiger partial charge in [0.1, 0.15) is 5.82 Å². The van der Waals surface area contributed by atoms with Gasteiger partial charge in [-0.3, -0.25) is 5.10 Å². The molecule has 0 bridgehead atoms. The average molecular weight is 409 g/mol. The van der Waals surface area contributed by atoms with Gasteiger partial charge in [0.15, 0.2) is 11.5 Å². The lowest BCUT2D eigenvalue weighted by molar-refractivity contribution is -0.0172. The van der Waals surface area contributed by atoms with Crippen LogP contribution in [0.1, 0.15) is 51.0 Å². The first-order valence-corrected chi connectivity index (χ1v) is 11.0. The van der Waals surface area contributed by atoms with Crippen molar-refractivity contribution in [2.45, 2.75) is 57.1 Å². The molecule has 1 aliphatic heterocycles. The summed E-state index contributed by atoms with van der Waals surface area (Å²) in [5, 5.41) is 24.4. The average Bonchev–Trinajstić information content (AvgIpc) is 3.14. The number of H-pyrrole nitrogens is 1. The Labute approximate surface area is 175 Å². The molecule has 0 radical (unpaired) electrons. The molecule has 0 amide bonds. The van der Waals surface area contributed by atoms with Gasteiger partial charge in [0, 0.05) is 18.0 Å². The largest absolute Gasteiger partial charge is 0.385 e. The van der Waals surface area contributed by atoms with Crippen molar-refractivity contribution in [3.05, 3.63) is 30.1 Å². The third-order valence-corrected chi connectivity index (χ3v) is 7.50. The van der Waals surface area contributed by atoms with Gasteiger partial charge in [-0.15, -0.1) is 0 Å². The molecule has 3 aliphatic rings. The fourth-order valence-corrected chi connectivity index (χ4v) is 5.27. The van der Waals surface area contributed by atoms with E-state index >= 15 is 0 Å². The Morgan fingerprint density at radius 1 is 1.20 bits per heavy atom.